The van der Waals surface area contributed by atoms with E-state index in [2.05, 4.69) is 56.3 Å². The van der Waals surface area contributed by atoms with Crippen LogP contribution in [0.1, 0.15) is 64.4 Å². The number of carbonyl (C=O) groups is 1. The van der Waals surface area contributed by atoms with Crippen LogP contribution in [0.4, 0.5) is 0 Å². The second kappa shape index (κ2) is 10.3. The molecule has 0 saturated heterocycles. The molecule has 0 N–H and O–H groups in total. The largest absolute Gasteiger partial charge is 0.494 e. The van der Waals surface area contributed by atoms with Crippen LogP contribution in [0.2, 0.25) is 0 Å². The first-order chi connectivity index (χ1) is 13.7. The highest BCUT2D eigenvalue weighted by molar-refractivity contribution is 6.00. The Bertz CT molecular complexity index is 784. The van der Waals surface area contributed by atoms with Crippen molar-refractivity contribution in [1.82, 2.24) is 0 Å². The molecule has 2 aromatic rings. The highest BCUT2D eigenvalue weighted by Crippen LogP contribution is 2.28. The van der Waals surface area contributed by atoms with Gasteiger partial charge in [0, 0.05) is 6.42 Å². The number of allylic oxidation sites excluding steroid dienone is 1. The van der Waals surface area contributed by atoms with Gasteiger partial charge in [-0.25, -0.2) is 0 Å². The van der Waals surface area contributed by atoms with Crippen molar-refractivity contribution in [3.8, 4) is 16.9 Å². The molecule has 2 heteroatoms. The van der Waals surface area contributed by atoms with Crippen molar-refractivity contribution < 1.29 is 9.53 Å². The molecule has 2 aromatic carbocycles. The molecule has 0 unspecified atom stereocenters. The number of hydrogen-bond donors (Lipinski definition) is 0. The Kier molecular flexibility index (Phi) is 7.47. The van der Waals surface area contributed by atoms with Crippen LogP contribution >= 0.6 is 0 Å². The molecular formula is C26H32O2. The van der Waals surface area contributed by atoms with Gasteiger partial charge in [-0.2, -0.15) is 0 Å². The minimum Gasteiger partial charge on any atom is -0.494 e. The summed E-state index contributed by atoms with van der Waals surface area (Å²) < 4.78 is 5.83. The van der Waals surface area contributed by atoms with Gasteiger partial charge in [-0.15, -0.1) is 0 Å². The highest BCUT2D eigenvalue weighted by atomic mass is 16.5. The topological polar surface area (TPSA) is 26.3 Å². The van der Waals surface area contributed by atoms with Crippen LogP contribution in [0.5, 0.6) is 5.75 Å². The summed E-state index contributed by atoms with van der Waals surface area (Å²) >= 11 is 0. The number of benzene rings is 2. The fraction of sp³-hybridized carbons (Fsp3) is 0.423. The Morgan fingerprint density at radius 3 is 2.29 bits per heavy atom. The lowest BCUT2D eigenvalue weighted by Crippen LogP contribution is -2.15. The van der Waals surface area contributed by atoms with Crippen LogP contribution in [-0.2, 0) is 4.79 Å². The number of carbonyl (C=O) groups excluding carboxylic acids is 1. The maximum atomic E-state index is 12.2. The maximum absolute atomic E-state index is 12.2. The fourth-order valence-corrected chi connectivity index (χ4v) is 3.68. The lowest BCUT2D eigenvalue weighted by atomic mass is 9.85. The number of unbranched alkanes of at least 4 members (excludes halogenated alkanes) is 3. The van der Waals surface area contributed by atoms with E-state index in [1.165, 1.54) is 30.4 Å². The van der Waals surface area contributed by atoms with Crippen molar-refractivity contribution >= 4 is 11.9 Å². The zero-order valence-corrected chi connectivity index (χ0v) is 17.2. The fourth-order valence-electron chi connectivity index (χ4n) is 3.68. The van der Waals surface area contributed by atoms with Crippen molar-refractivity contribution in [1.29, 1.82) is 0 Å². The van der Waals surface area contributed by atoms with Crippen LogP contribution in [0, 0.1) is 5.92 Å². The molecule has 3 rings (SSSR count). The van der Waals surface area contributed by atoms with E-state index >= 15 is 0 Å². The van der Waals surface area contributed by atoms with Crippen LogP contribution in [0.3, 0.4) is 0 Å². The Hall–Kier alpha value is -2.35. The molecule has 1 aliphatic rings. The van der Waals surface area contributed by atoms with Gasteiger partial charge >= 0.3 is 0 Å². The minimum atomic E-state index is 0.313. The van der Waals surface area contributed by atoms with E-state index in [0.717, 1.165) is 42.8 Å². The average molecular weight is 377 g/mol. The number of ketones is 1. The summed E-state index contributed by atoms with van der Waals surface area (Å²) in [6, 6.07) is 16.8. The lowest BCUT2D eigenvalue weighted by Gasteiger charge is -2.19. The number of rotatable bonds is 8. The molecule has 0 bridgehead atoms. The summed E-state index contributed by atoms with van der Waals surface area (Å²) in [5.74, 6) is 1.77. The average Bonchev–Trinajstić information content (AvgIpc) is 2.71. The zero-order valence-electron chi connectivity index (χ0n) is 17.2. The van der Waals surface area contributed by atoms with Crippen LogP contribution in [-0.4, -0.2) is 12.4 Å². The maximum Gasteiger partial charge on any atom is 0.159 e. The minimum absolute atomic E-state index is 0.313. The molecule has 0 aromatic heterocycles. The highest BCUT2D eigenvalue weighted by Gasteiger charge is 2.20. The molecule has 0 aliphatic heterocycles. The Morgan fingerprint density at radius 1 is 0.964 bits per heavy atom. The van der Waals surface area contributed by atoms with E-state index in [1.807, 2.05) is 12.1 Å². The van der Waals surface area contributed by atoms with Crippen LogP contribution < -0.4 is 4.74 Å². The van der Waals surface area contributed by atoms with Gasteiger partial charge in [-0.3, -0.25) is 4.79 Å². The first kappa shape index (κ1) is 20.4. The molecule has 1 fully saturated rings. The van der Waals surface area contributed by atoms with Crippen molar-refractivity contribution in [3.05, 3.63) is 59.7 Å². The molecule has 1 atom stereocenters. The summed E-state index contributed by atoms with van der Waals surface area (Å²) in [5, 5.41) is 0. The van der Waals surface area contributed by atoms with Gasteiger partial charge in [0.2, 0.25) is 0 Å². The van der Waals surface area contributed by atoms with E-state index in [-0.39, 0.29) is 0 Å². The third-order valence-corrected chi connectivity index (χ3v) is 5.50. The monoisotopic (exact) mass is 376 g/mol. The Labute approximate surface area is 169 Å². The van der Waals surface area contributed by atoms with Crippen molar-refractivity contribution in [2.45, 2.75) is 58.8 Å². The third-order valence-electron chi connectivity index (χ3n) is 5.50. The second-order valence-corrected chi connectivity index (χ2v) is 8.00. The van der Waals surface area contributed by atoms with Crippen molar-refractivity contribution in [2.75, 3.05) is 6.61 Å². The number of ether oxygens (including phenoxy) is 1. The van der Waals surface area contributed by atoms with E-state index in [0.29, 0.717) is 18.1 Å². The van der Waals surface area contributed by atoms with E-state index < -0.39 is 0 Å². The zero-order chi connectivity index (χ0) is 19.8. The molecule has 0 spiro atoms. The van der Waals surface area contributed by atoms with E-state index in [9.17, 15) is 4.79 Å². The summed E-state index contributed by atoms with van der Waals surface area (Å²) in [7, 11) is 0. The van der Waals surface area contributed by atoms with Gasteiger partial charge in [0.25, 0.3) is 0 Å². The molecule has 1 saturated carbocycles. The van der Waals surface area contributed by atoms with E-state index in [1.54, 1.807) is 0 Å². The first-order valence-corrected chi connectivity index (χ1v) is 10.7. The number of hydrogen-bond acceptors (Lipinski definition) is 2. The second-order valence-electron chi connectivity index (χ2n) is 8.00. The Balaban J connectivity index is 1.58. The van der Waals surface area contributed by atoms with Crippen molar-refractivity contribution in [2.24, 2.45) is 5.92 Å². The molecule has 2 nitrogen and oxygen atoms in total. The van der Waals surface area contributed by atoms with Gasteiger partial charge < -0.3 is 4.74 Å². The SMILES string of the molecule is CCCCCCOc1ccc(-c2ccc(/C=C3/CC[C@@H](C)CC3=O)cc2)cc1. The normalized spacial score (nSPS) is 18.4. The number of Topliss-reactive ketones (excluding diaryl/α,β-unsaturated/α-hetero) is 1. The molecule has 0 heterocycles. The Morgan fingerprint density at radius 2 is 1.64 bits per heavy atom. The summed E-state index contributed by atoms with van der Waals surface area (Å²) in [5.41, 5.74) is 4.44. The molecular weight excluding hydrogens is 344 g/mol. The smallest absolute Gasteiger partial charge is 0.159 e. The lowest BCUT2D eigenvalue weighted by molar-refractivity contribution is -0.117. The standard InChI is InChI=1S/C26H32O2/c1-3-4-5-6-17-28-25-15-13-23(14-16-25)22-11-8-21(9-12-22)19-24-10-7-20(2)18-26(24)27/h8-9,11-16,19-20H,3-7,10,17-18H2,1-2H3/b24-19-/t20-/m1/s1. The quantitative estimate of drug-likeness (QED) is 0.363. The van der Waals surface area contributed by atoms with Crippen LogP contribution in [0.25, 0.3) is 17.2 Å². The molecule has 0 radical (unpaired) electrons. The van der Waals surface area contributed by atoms with Crippen molar-refractivity contribution in [3.63, 3.8) is 0 Å². The predicted molar refractivity (Wildman–Crippen MR) is 118 cm³/mol. The van der Waals surface area contributed by atoms with E-state index in [4.69, 9.17) is 4.74 Å². The van der Waals surface area contributed by atoms with Gasteiger partial charge in [0.15, 0.2) is 5.78 Å². The summed E-state index contributed by atoms with van der Waals surface area (Å²) in [6.07, 6.45) is 9.66. The summed E-state index contributed by atoms with van der Waals surface area (Å²) in [6.45, 7) is 5.17. The third kappa shape index (κ3) is 5.82. The molecule has 28 heavy (non-hydrogen) atoms. The van der Waals surface area contributed by atoms with Gasteiger partial charge in [0.05, 0.1) is 6.61 Å². The molecule has 148 valence electrons. The molecule has 1 aliphatic carbocycles. The molecule has 0 amide bonds. The van der Waals surface area contributed by atoms with Crippen LogP contribution in [0.15, 0.2) is 54.1 Å². The summed E-state index contributed by atoms with van der Waals surface area (Å²) in [4.78, 5) is 12.2. The van der Waals surface area contributed by atoms with Gasteiger partial charge in [0.1, 0.15) is 5.75 Å². The van der Waals surface area contributed by atoms with Gasteiger partial charge in [-0.05, 0) is 65.7 Å². The predicted octanol–water partition coefficient (Wildman–Crippen LogP) is 7.09. The van der Waals surface area contributed by atoms with Gasteiger partial charge in [-0.1, -0.05) is 69.5 Å². The first-order valence-electron chi connectivity index (χ1n) is 10.7.